The second-order valence-corrected chi connectivity index (χ2v) is 10.1. The number of aromatic nitrogens is 3. The number of anilines is 1. The zero-order chi connectivity index (χ0) is 27.1. The maximum absolute atomic E-state index is 12.7. The molecule has 2 amide bonds. The summed E-state index contributed by atoms with van der Waals surface area (Å²) in [6, 6.07) is 20.1. The van der Waals surface area contributed by atoms with Crippen molar-refractivity contribution >= 4 is 52.5 Å². The van der Waals surface area contributed by atoms with Crippen molar-refractivity contribution in [3.8, 4) is 11.4 Å². The summed E-state index contributed by atoms with van der Waals surface area (Å²) in [6.45, 7) is 3.84. The van der Waals surface area contributed by atoms with E-state index in [1.807, 2.05) is 50.2 Å². The Kier molecular flexibility index (Phi) is 9.28. The molecular weight excluding hydrogens is 545 g/mol. The van der Waals surface area contributed by atoms with Crippen molar-refractivity contribution in [3.05, 3.63) is 93.7 Å². The molecule has 38 heavy (non-hydrogen) atoms. The monoisotopic (exact) mass is 569 g/mol. The third-order valence-corrected chi connectivity index (χ3v) is 7.09. The van der Waals surface area contributed by atoms with Gasteiger partial charge in [-0.1, -0.05) is 65.3 Å². The first kappa shape index (κ1) is 27.5. The first-order valence-electron chi connectivity index (χ1n) is 11.6. The topological polar surface area (TPSA) is 98.1 Å². The minimum absolute atomic E-state index is 0.0828. The molecule has 11 heteroatoms. The Hall–Kier alpha value is -3.53. The number of para-hydroxylation sites is 1. The molecule has 196 valence electrons. The third-order valence-electron chi connectivity index (χ3n) is 5.42. The van der Waals surface area contributed by atoms with E-state index in [-0.39, 0.29) is 30.7 Å². The maximum atomic E-state index is 12.7. The van der Waals surface area contributed by atoms with Crippen LogP contribution in [0.25, 0.3) is 5.69 Å². The van der Waals surface area contributed by atoms with Gasteiger partial charge in [-0.15, -0.1) is 10.2 Å². The summed E-state index contributed by atoms with van der Waals surface area (Å²) in [4.78, 5) is 25.1. The number of thioether (sulfide) groups is 1. The molecule has 8 nitrogen and oxygen atoms in total. The number of hydrogen-bond donors (Lipinski definition) is 2. The Balaban J connectivity index is 1.46. The van der Waals surface area contributed by atoms with Gasteiger partial charge in [0.2, 0.25) is 5.91 Å². The number of benzene rings is 3. The molecule has 0 aliphatic carbocycles. The van der Waals surface area contributed by atoms with Gasteiger partial charge in [-0.2, -0.15) is 0 Å². The van der Waals surface area contributed by atoms with Crippen LogP contribution in [0.2, 0.25) is 10.0 Å². The Morgan fingerprint density at radius 3 is 2.50 bits per heavy atom. The first-order chi connectivity index (χ1) is 18.3. The van der Waals surface area contributed by atoms with Crippen molar-refractivity contribution in [1.29, 1.82) is 0 Å². The van der Waals surface area contributed by atoms with Gasteiger partial charge in [0, 0.05) is 5.69 Å². The van der Waals surface area contributed by atoms with Crippen LogP contribution in [-0.4, -0.2) is 38.9 Å². The average Bonchev–Trinajstić information content (AvgIpc) is 3.32. The van der Waals surface area contributed by atoms with Gasteiger partial charge in [-0.3, -0.25) is 14.2 Å². The number of rotatable bonds is 10. The summed E-state index contributed by atoms with van der Waals surface area (Å²) >= 11 is 13.6. The van der Waals surface area contributed by atoms with Gasteiger partial charge in [0.15, 0.2) is 17.6 Å². The molecule has 0 unspecified atom stereocenters. The molecule has 1 aromatic heterocycles. The highest BCUT2D eigenvalue weighted by Crippen LogP contribution is 2.28. The molecule has 0 radical (unpaired) electrons. The summed E-state index contributed by atoms with van der Waals surface area (Å²) in [5.41, 5.74) is 3.44. The van der Waals surface area contributed by atoms with Crippen molar-refractivity contribution in [2.75, 3.05) is 17.7 Å². The lowest BCUT2D eigenvalue weighted by Gasteiger charge is -2.13. The second kappa shape index (κ2) is 12.8. The molecule has 0 aliphatic heterocycles. The highest BCUT2D eigenvalue weighted by atomic mass is 35.5. The molecule has 0 bridgehead atoms. The highest BCUT2D eigenvalue weighted by Gasteiger charge is 2.18. The van der Waals surface area contributed by atoms with Crippen LogP contribution in [-0.2, 0) is 16.1 Å². The third kappa shape index (κ3) is 7.28. The van der Waals surface area contributed by atoms with Gasteiger partial charge in [-0.05, 0) is 61.4 Å². The van der Waals surface area contributed by atoms with Crippen LogP contribution in [0.15, 0.2) is 71.9 Å². The van der Waals surface area contributed by atoms with Crippen LogP contribution in [0.4, 0.5) is 5.69 Å². The van der Waals surface area contributed by atoms with Crippen molar-refractivity contribution in [2.24, 2.45) is 0 Å². The van der Waals surface area contributed by atoms with Gasteiger partial charge < -0.3 is 15.4 Å². The quantitative estimate of drug-likeness (QED) is 0.241. The van der Waals surface area contributed by atoms with Crippen LogP contribution in [0.3, 0.4) is 0 Å². The Morgan fingerprint density at radius 1 is 0.947 bits per heavy atom. The molecule has 0 aliphatic rings. The van der Waals surface area contributed by atoms with Gasteiger partial charge >= 0.3 is 0 Å². The molecule has 3 aromatic carbocycles. The van der Waals surface area contributed by atoms with Crippen LogP contribution in [0.1, 0.15) is 17.0 Å². The molecule has 0 saturated heterocycles. The SMILES string of the molecule is Cc1ccc(C)c(NC(=O)CSc2nnc(CNC(=O)COc3ccccc3)n2-c2ccc(Cl)c(Cl)c2)c1. The molecule has 4 aromatic rings. The average molecular weight is 571 g/mol. The number of aryl methyl sites for hydroxylation is 2. The minimum atomic E-state index is -0.320. The predicted molar refractivity (Wildman–Crippen MR) is 150 cm³/mol. The summed E-state index contributed by atoms with van der Waals surface area (Å²) in [6.07, 6.45) is 0. The smallest absolute Gasteiger partial charge is 0.258 e. The van der Waals surface area contributed by atoms with Gasteiger partial charge in [0.05, 0.1) is 28.0 Å². The molecular formula is C27H25Cl2N5O3S. The van der Waals surface area contributed by atoms with E-state index >= 15 is 0 Å². The lowest BCUT2D eigenvalue weighted by molar-refractivity contribution is -0.123. The van der Waals surface area contributed by atoms with E-state index in [1.54, 1.807) is 34.9 Å². The minimum Gasteiger partial charge on any atom is -0.484 e. The number of carbonyl (C=O) groups is 2. The molecule has 4 rings (SSSR count). The molecule has 0 saturated carbocycles. The van der Waals surface area contributed by atoms with Crippen molar-refractivity contribution < 1.29 is 14.3 Å². The molecule has 0 atom stereocenters. The number of carbonyl (C=O) groups excluding carboxylic acids is 2. The Bertz CT molecular complexity index is 1450. The number of ether oxygens (including phenoxy) is 1. The van der Waals surface area contributed by atoms with Crippen molar-refractivity contribution in [1.82, 2.24) is 20.1 Å². The lowest BCUT2D eigenvalue weighted by atomic mass is 10.1. The fraction of sp³-hybridized carbons (Fsp3) is 0.185. The van der Waals surface area contributed by atoms with E-state index in [0.29, 0.717) is 32.5 Å². The first-order valence-corrected chi connectivity index (χ1v) is 13.4. The van der Waals surface area contributed by atoms with Gasteiger partial charge in [0.25, 0.3) is 5.91 Å². The van der Waals surface area contributed by atoms with Crippen molar-refractivity contribution in [3.63, 3.8) is 0 Å². The molecule has 0 spiro atoms. The Morgan fingerprint density at radius 2 is 1.74 bits per heavy atom. The van der Waals surface area contributed by atoms with E-state index in [9.17, 15) is 9.59 Å². The highest BCUT2D eigenvalue weighted by molar-refractivity contribution is 7.99. The van der Waals surface area contributed by atoms with Crippen molar-refractivity contribution in [2.45, 2.75) is 25.5 Å². The van der Waals surface area contributed by atoms with Crippen LogP contribution in [0, 0.1) is 13.8 Å². The van der Waals surface area contributed by atoms with E-state index in [4.69, 9.17) is 27.9 Å². The van der Waals surface area contributed by atoms with E-state index in [0.717, 1.165) is 16.8 Å². The number of halogens is 2. The van der Waals surface area contributed by atoms with E-state index < -0.39 is 0 Å². The summed E-state index contributed by atoms with van der Waals surface area (Å²) < 4.78 is 7.23. The summed E-state index contributed by atoms with van der Waals surface area (Å²) in [7, 11) is 0. The van der Waals surface area contributed by atoms with Crippen LogP contribution >= 0.6 is 35.0 Å². The predicted octanol–water partition coefficient (Wildman–Crippen LogP) is 5.62. The second-order valence-electron chi connectivity index (χ2n) is 8.37. The van der Waals surface area contributed by atoms with Gasteiger partial charge in [-0.25, -0.2) is 0 Å². The van der Waals surface area contributed by atoms with Crippen LogP contribution in [0.5, 0.6) is 5.75 Å². The maximum Gasteiger partial charge on any atom is 0.258 e. The van der Waals surface area contributed by atoms with E-state index in [2.05, 4.69) is 20.8 Å². The lowest BCUT2D eigenvalue weighted by Crippen LogP contribution is -2.29. The zero-order valence-electron chi connectivity index (χ0n) is 20.7. The van der Waals surface area contributed by atoms with Crippen LogP contribution < -0.4 is 15.4 Å². The number of hydrogen-bond acceptors (Lipinski definition) is 6. The summed E-state index contributed by atoms with van der Waals surface area (Å²) in [5.74, 6) is 0.651. The number of amides is 2. The fourth-order valence-corrected chi connectivity index (χ4v) is 4.54. The molecule has 2 N–H and O–H groups in total. The van der Waals surface area contributed by atoms with E-state index in [1.165, 1.54) is 11.8 Å². The molecule has 1 heterocycles. The standard InChI is InChI=1S/C27H25Cl2N5O3S/c1-17-8-9-18(2)23(12-17)31-26(36)16-38-27-33-32-24(34(27)19-10-11-21(28)22(29)13-19)14-30-25(35)15-37-20-6-4-3-5-7-20/h3-13H,14-16H2,1-2H3,(H,30,35)(H,31,36). The number of nitrogens with zero attached hydrogens (tertiary/aromatic N) is 3. The fourth-order valence-electron chi connectivity index (χ4n) is 3.47. The zero-order valence-corrected chi connectivity index (χ0v) is 23.0. The normalized spacial score (nSPS) is 10.7. The van der Waals surface area contributed by atoms with Gasteiger partial charge in [0.1, 0.15) is 5.75 Å². The Labute approximate surface area is 234 Å². The summed E-state index contributed by atoms with van der Waals surface area (Å²) in [5, 5.41) is 15.5. The molecule has 0 fully saturated rings. The largest absolute Gasteiger partial charge is 0.484 e. The number of nitrogens with one attached hydrogen (secondary N) is 2.